The molecule has 13 heteroatoms. The van der Waals surface area contributed by atoms with Gasteiger partial charge in [-0.3, -0.25) is 4.79 Å². The summed E-state index contributed by atoms with van der Waals surface area (Å²) in [4.78, 5) is 11.9. The number of hydrogen-bond donors (Lipinski definition) is 2. The van der Waals surface area contributed by atoms with Gasteiger partial charge in [-0.15, -0.1) is 10.2 Å². The zero-order valence-corrected chi connectivity index (χ0v) is 20.8. The molecule has 2 N–H and O–H groups in total. The number of carbonyl (C=O) groups is 1. The molecule has 0 spiro atoms. The van der Waals surface area contributed by atoms with Crippen LogP contribution in [0.1, 0.15) is 11.5 Å². The second kappa shape index (κ2) is 11.2. The van der Waals surface area contributed by atoms with Gasteiger partial charge in [0.1, 0.15) is 11.5 Å². The fraction of sp³-hybridized carbons (Fsp3) is 0.111. The number of hydrogen-bond acceptors (Lipinski definition) is 8. The first-order chi connectivity index (χ1) is 14.8. The standard InChI is InChI=1S/C18H12Br2Cl2N4O4S/c19-11-3-9(4-12(20)17(11)28)6-23-24-15(27)8-31-18-26-25-16(30-18)7-29-14-2-1-10(21)5-13(14)22/h1-6,28H,7-8H2,(H,24,27)/b23-6-. The number of carbonyl (C=O) groups excluding carboxylic acids is 1. The lowest BCUT2D eigenvalue weighted by atomic mass is 10.2. The van der Waals surface area contributed by atoms with Crippen molar-refractivity contribution in [1.82, 2.24) is 15.6 Å². The third-order valence-electron chi connectivity index (χ3n) is 3.46. The number of halogens is 4. The van der Waals surface area contributed by atoms with E-state index in [0.29, 0.717) is 30.3 Å². The number of rotatable bonds is 8. The van der Waals surface area contributed by atoms with Crippen molar-refractivity contribution in [2.24, 2.45) is 5.10 Å². The van der Waals surface area contributed by atoms with E-state index in [4.69, 9.17) is 32.4 Å². The Morgan fingerprint density at radius 1 is 1.26 bits per heavy atom. The first-order valence-corrected chi connectivity index (χ1v) is 11.7. The molecule has 0 aliphatic rings. The van der Waals surface area contributed by atoms with Crippen LogP contribution in [0.15, 0.2) is 54.0 Å². The zero-order valence-electron chi connectivity index (χ0n) is 15.3. The number of aromatic hydroxyl groups is 1. The predicted molar refractivity (Wildman–Crippen MR) is 125 cm³/mol. The fourth-order valence-electron chi connectivity index (χ4n) is 2.08. The number of amides is 1. The van der Waals surface area contributed by atoms with Crippen molar-refractivity contribution in [1.29, 1.82) is 0 Å². The molecule has 1 amide bonds. The molecule has 0 saturated heterocycles. The van der Waals surface area contributed by atoms with E-state index in [1.54, 1.807) is 30.3 Å². The zero-order chi connectivity index (χ0) is 22.4. The minimum Gasteiger partial charge on any atom is -0.506 e. The molecule has 0 bridgehead atoms. The van der Waals surface area contributed by atoms with Crippen molar-refractivity contribution >= 4 is 78.9 Å². The van der Waals surface area contributed by atoms with Crippen LogP contribution in [-0.2, 0) is 11.4 Å². The normalized spacial score (nSPS) is 11.1. The second-order valence-corrected chi connectivity index (χ2v) is 9.22. The molecular weight excluding hydrogens is 599 g/mol. The van der Waals surface area contributed by atoms with Crippen LogP contribution in [0.4, 0.5) is 0 Å². The maximum absolute atomic E-state index is 11.9. The number of nitrogens with one attached hydrogen (secondary N) is 1. The van der Waals surface area contributed by atoms with E-state index < -0.39 is 0 Å². The van der Waals surface area contributed by atoms with Crippen LogP contribution in [0.5, 0.6) is 11.5 Å². The lowest BCUT2D eigenvalue weighted by Gasteiger charge is -2.05. The van der Waals surface area contributed by atoms with Crippen molar-refractivity contribution in [2.75, 3.05) is 5.75 Å². The molecule has 8 nitrogen and oxygen atoms in total. The van der Waals surface area contributed by atoms with Crippen molar-refractivity contribution in [2.45, 2.75) is 11.8 Å². The van der Waals surface area contributed by atoms with Crippen LogP contribution < -0.4 is 10.2 Å². The minimum atomic E-state index is -0.359. The monoisotopic (exact) mass is 608 g/mol. The molecule has 0 saturated carbocycles. The van der Waals surface area contributed by atoms with Crippen molar-refractivity contribution in [3.05, 3.63) is 60.8 Å². The molecule has 3 aromatic rings. The Morgan fingerprint density at radius 3 is 2.71 bits per heavy atom. The SMILES string of the molecule is O=C(CSc1nnc(COc2ccc(Cl)cc2Cl)o1)N/N=C\c1cc(Br)c(O)c(Br)c1. The molecule has 1 heterocycles. The highest BCUT2D eigenvalue weighted by Gasteiger charge is 2.11. The van der Waals surface area contributed by atoms with Gasteiger partial charge in [-0.2, -0.15) is 5.10 Å². The second-order valence-electron chi connectivity index (χ2n) is 5.74. The summed E-state index contributed by atoms with van der Waals surface area (Å²) in [6.07, 6.45) is 1.45. The Labute approximate surface area is 207 Å². The molecule has 0 radical (unpaired) electrons. The van der Waals surface area contributed by atoms with Crippen LogP contribution in [0.2, 0.25) is 10.0 Å². The molecule has 1 aromatic heterocycles. The van der Waals surface area contributed by atoms with Gasteiger partial charge in [-0.25, -0.2) is 5.43 Å². The minimum absolute atomic E-state index is 0.0170. The van der Waals surface area contributed by atoms with E-state index in [2.05, 4.69) is 52.6 Å². The summed E-state index contributed by atoms with van der Waals surface area (Å²) in [7, 11) is 0. The van der Waals surface area contributed by atoms with E-state index in [1.807, 2.05) is 0 Å². The Balaban J connectivity index is 1.45. The Morgan fingerprint density at radius 2 is 2.00 bits per heavy atom. The number of hydrazone groups is 1. The van der Waals surface area contributed by atoms with E-state index in [1.165, 1.54) is 6.21 Å². The van der Waals surface area contributed by atoms with Gasteiger partial charge in [0.05, 0.1) is 25.9 Å². The molecule has 2 aromatic carbocycles. The topological polar surface area (TPSA) is 110 Å². The number of ether oxygens (including phenoxy) is 1. The summed E-state index contributed by atoms with van der Waals surface area (Å²) in [5, 5.41) is 22.4. The maximum Gasteiger partial charge on any atom is 0.277 e. The van der Waals surface area contributed by atoms with Crippen LogP contribution in [-0.4, -0.2) is 33.2 Å². The smallest absolute Gasteiger partial charge is 0.277 e. The van der Waals surface area contributed by atoms with Crippen molar-refractivity contribution < 1.29 is 19.1 Å². The van der Waals surface area contributed by atoms with Gasteiger partial charge >= 0.3 is 0 Å². The Bertz CT molecular complexity index is 1110. The third kappa shape index (κ3) is 7.11. The number of thioether (sulfide) groups is 1. The van der Waals surface area contributed by atoms with Gasteiger partial charge in [-0.05, 0) is 67.8 Å². The molecule has 0 aliphatic heterocycles. The highest BCUT2D eigenvalue weighted by molar-refractivity contribution is 9.11. The average molecular weight is 611 g/mol. The Hall–Kier alpha value is -1.79. The summed E-state index contributed by atoms with van der Waals surface area (Å²) in [5.74, 6) is 0.408. The molecular formula is C18H12Br2Cl2N4O4S. The van der Waals surface area contributed by atoms with Gasteiger partial charge in [0.15, 0.2) is 6.61 Å². The summed E-state index contributed by atoms with van der Waals surface area (Å²) < 4.78 is 11.9. The van der Waals surface area contributed by atoms with Crippen molar-refractivity contribution in [3.8, 4) is 11.5 Å². The third-order valence-corrected chi connectivity index (χ3v) is 6.02. The molecule has 0 fully saturated rings. The lowest BCUT2D eigenvalue weighted by Crippen LogP contribution is -2.19. The highest BCUT2D eigenvalue weighted by atomic mass is 79.9. The van der Waals surface area contributed by atoms with E-state index in [0.717, 1.165) is 11.8 Å². The number of phenolic OH excluding ortho intramolecular Hbond substituents is 1. The Kier molecular flexibility index (Phi) is 8.61. The predicted octanol–water partition coefficient (Wildman–Crippen LogP) is 5.43. The van der Waals surface area contributed by atoms with Gasteiger partial charge in [0.2, 0.25) is 0 Å². The van der Waals surface area contributed by atoms with Crippen LogP contribution >= 0.6 is 66.8 Å². The van der Waals surface area contributed by atoms with E-state index in [9.17, 15) is 9.90 Å². The van der Waals surface area contributed by atoms with Gasteiger partial charge in [0.25, 0.3) is 17.0 Å². The van der Waals surface area contributed by atoms with Gasteiger partial charge in [0, 0.05) is 5.02 Å². The van der Waals surface area contributed by atoms with E-state index in [-0.39, 0.29) is 35.1 Å². The number of nitrogens with zero attached hydrogens (tertiary/aromatic N) is 3. The molecule has 0 aliphatic carbocycles. The molecule has 162 valence electrons. The summed E-state index contributed by atoms with van der Waals surface area (Å²) in [6, 6.07) is 8.16. The molecule has 0 atom stereocenters. The molecule has 31 heavy (non-hydrogen) atoms. The number of aromatic nitrogens is 2. The van der Waals surface area contributed by atoms with Gasteiger partial charge in [-0.1, -0.05) is 35.0 Å². The van der Waals surface area contributed by atoms with Crippen LogP contribution in [0.3, 0.4) is 0 Å². The summed E-state index contributed by atoms with van der Waals surface area (Å²) >= 11 is 19.4. The maximum atomic E-state index is 11.9. The molecule has 0 unspecified atom stereocenters. The highest BCUT2D eigenvalue weighted by Crippen LogP contribution is 2.33. The molecule has 3 rings (SSSR count). The largest absolute Gasteiger partial charge is 0.506 e. The first-order valence-electron chi connectivity index (χ1n) is 8.35. The fourth-order valence-corrected chi connectivity index (χ4v) is 4.34. The van der Waals surface area contributed by atoms with Crippen LogP contribution in [0.25, 0.3) is 0 Å². The summed E-state index contributed by atoms with van der Waals surface area (Å²) in [5.41, 5.74) is 3.07. The first kappa shape index (κ1) is 23.9. The van der Waals surface area contributed by atoms with Gasteiger partial charge < -0.3 is 14.3 Å². The summed E-state index contributed by atoms with van der Waals surface area (Å²) in [6.45, 7) is 0.0170. The van der Waals surface area contributed by atoms with E-state index >= 15 is 0 Å². The van der Waals surface area contributed by atoms with Crippen molar-refractivity contribution in [3.63, 3.8) is 0 Å². The number of phenols is 1. The lowest BCUT2D eigenvalue weighted by molar-refractivity contribution is -0.118. The average Bonchev–Trinajstić information content (AvgIpc) is 3.17. The van der Waals surface area contributed by atoms with Crippen LogP contribution in [0, 0.1) is 0 Å². The quantitative estimate of drug-likeness (QED) is 0.199. The number of benzene rings is 2.